The number of nitrogens with one attached hydrogen (secondary N) is 1. The standard InChI is InChI=1S/C27H24N5O9S3.Cu.4Na.2H2O4S/c1-4-42(35,36)16-7-13-24(33)23(14-16)31-30-22-12-8-18-19(27(22)34)9-11-21(28-3)26(18)32-29-20-10-6-17(43(37,38)5-2)15-25(20)44(39,40)41;;;;;;2*1-5(2,3)4/h6-11,13-15,28,33-34H,1-2,4-5H2,3H3,(H,39,40,41);;;;;;2*(H2,1,2,3,4)/q-3;;4*+1;;/p-3. The van der Waals surface area contributed by atoms with Gasteiger partial charge in [-0.15, -0.1) is 5.11 Å². The van der Waals surface area contributed by atoms with Gasteiger partial charge in [-0.1, -0.05) is 28.3 Å². The van der Waals surface area contributed by atoms with Crippen LogP contribution in [-0.4, -0.2) is 93.6 Å². The number of sulfone groups is 2. The van der Waals surface area contributed by atoms with Crippen LogP contribution in [0.4, 0.5) is 28.4 Å². The summed E-state index contributed by atoms with van der Waals surface area (Å²) in [5.74, 6) is -1.77. The van der Waals surface area contributed by atoms with E-state index in [1.165, 1.54) is 24.3 Å². The third-order valence-corrected chi connectivity index (χ3v) is 10.1. The minimum Gasteiger partial charge on any atom is -0.744 e. The number of azo groups is 2. The number of anilines is 1. The Morgan fingerprint density at radius 3 is 1.58 bits per heavy atom. The Morgan fingerprint density at radius 2 is 1.12 bits per heavy atom. The fourth-order valence-corrected chi connectivity index (χ4v) is 6.20. The summed E-state index contributed by atoms with van der Waals surface area (Å²) < 4.78 is 150. The molecule has 0 aliphatic heterocycles. The number of rotatable bonds is 10. The zero-order chi connectivity index (χ0) is 41.4. The number of nitrogens with zero attached hydrogens (tertiary/aromatic N) is 4. The van der Waals surface area contributed by atoms with E-state index in [9.17, 15) is 40.0 Å². The summed E-state index contributed by atoms with van der Waals surface area (Å²) in [6, 6.07) is 13.3. The van der Waals surface area contributed by atoms with Gasteiger partial charge in [0.15, 0.2) is 19.7 Å². The van der Waals surface area contributed by atoms with E-state index in [-0.39, 0.29) is 174 Å². The van der Waals surface area contributed by atoms with Gasteiger partial charge in [0.1, 0.15) is 27.2 Å². The van der Waals surface area contributed by atoms with E-state index >= 15 is 0 Å². The molecule has 32 heteroatoms. The molecule has 0 bridgehead atoms. The first-order chi connectivity index (χ1) is 24.6. The number of hydrogen-bond donors (Lipinski definition) is 5. The van der Waals surface area contributed by atoms with E-state index in [1.54, 1.807) is 7.05 Å². The topological polar surface area (TPSA) is 382 Å². The van der Waals surface area contributed by atoms with E-state index < -0.39 is 83.3 Å². The molecule has 307 valence electrons. The van der Waals surface area contributed by atoms with Crippen LogP contribution in [0.3, 0.4) is 0 Å². The molecule has 0 amide bonds. The number of fused-ring (bicyclic) bond motifs is 1. The Balaban J connectivity index is -0.000000902. The molecule has 0 atom stereocenters. The number of phenols is 2. The predicted molar refractivity (Wildman–Crippen MR) is 184 cm³/mol. The normalized spacial score (nSPS) is 11.5. The van der Waals surface area contributed by atoms with Gasteiger partial charge >= 0.3 is 118 Å². The van der Waals surface area contributed by atoms with Crippen molar-refractivity contribution in [2.24, 2.45) is 20.5 Å². The van der Waals surface area contributed by atoms with Crippen LogP contribution >= 0.6 is 0 Å². The van der Waals surface area contributed by atoms with Crippen LogP contribution in [0, 0.1) is 19.9 Å². The molecule has 0 heterocycles. The SMILES string of the molecule is O=S(=O)([O-])O.O=S(=O)([O-])O.[CH2-]CS(=O)(=O)c1ccc(O)c(N=Nc2[c-]cc3c(N=Nc4ccc(S(=O)(=O)C[CH2-])cc4S(=O)(=O)[O-])c(NC)ccc3c2O)c1.[Cu].[Na+].[Na+].[Na+].[Na+]. The molecule has 59 heavy (non-hydrogen) atoms. The van der Waals surface area contributed by atoms with Crippen molar-refractivity contribution < 1.29 is 210 Å². The summed E-state index contributed by atoms with van der Waals surface area (Å²) in [6.07, 6.45) is 0. The van der Waals surface area contributed by atoms with Crippen molar-refractivity contribution in [2.75, 3.05) is 23.9 Å². The Bertz CT molecular complexity index is 2650. The fraction of sp³-hybridized carbons (Fsp3) is 0.111. The number of benzene rings is 4. The Kier molecular flexibility index (Phi) is 30.2. The molecule has 0 saturated heterocycles. The third kappa shape index (κ3) is 21.4. The second-order valence-corrected chi connectivity index (χ2v) is 17.1. The molecule has 0 aliphatic carbocycles. The zero-order valence-corrected chi connectivity index (χ0v) is 44.3. The van der Waals surface area contributed by atoms with Crippen molar-refractivity contribution in [2.45, 2.75) is 14.7 Å². The molecule has 0 fully saturated rings. The van der Waals surface area contributed by atoms with Crippen LogP contribution in [0.15, 0.2) is 89.7 Å². The van der Waals surface area contributed by atoms with Crippen LogP contribution in [-0.2, 0) is 67.7 Å². The van der Waals surface area contributed by atoms with E-state index in [2.05, 4.69) is 45.7 Å². The first-order valence-corrected chi connectivity index (χ1v) is 21.1. The molecular weight excluding hydrogens is 982 g/mol. The van der Waals surface area contributed by atoms with Gasteiger partial charge < -0.3 is 43.0 Å². The molecule has 1 radical (unpaired) electrons. The maximum atomic E-state index is 12.2. The summed E-state index contributed by atoms with van der Waals surface area (Å²) in [5.41, 5.74) is -0.328. The van der Waals surface area contributed by atoms with Crippen molar-refractivity contribution in [3.63, 3.8) is 0 Å². The van der Waals surface area contributed by atoms with E-state index in [4.69, 9.17) is 35.0 Å². The monoisotopic (exact) mass is 1010 g/mol. The van der Waals surface area contributed by atoms with E-state index in [0.29, 0.717) is 11.8 Å². The fourth-order valence-electron chi connectivity index (χ4n) is 3.87. The summed E-state index contributed by atoms with van der Waals surface area (Å²) in [5, 5.41) is 40.1. The van der Waals surface area contributed by atoms with Crippen molar-refractivity contribution >= 4 is 89.8 Å². The molecular formula is C27H25CuN5Na4O17S5-2. The second kappa shape index (κ2) is 27.2. The molecule has 4 rings (SSSR count). The Hall–Kier alpha value is -0.191. The summed E-state index contributed by atoms with van der Waals surface area (Å²) in [7, 11) is -21.1. The first kappa shape index (κ1) is 65.4. The summed E-state index contributed by atoms with van der Waals surface area (Å²) in [6.45, 7) is 6.67. The average molecular weight is 1010 g/mol. The Labute approximate surface area is 438 Å². The number of hydrogen-bond acceptors (Lipinski definition) is 20. The Morgan fingerprint density at radius 1 is 0.661 bits per heavy atom. The minimum absolute atomic E-state index is 0. The molecule has 0 aliphatic rings. The summed E-state index contributed by atoms with van der Waals surface area (Å²) in [4.78, 5) is -1.46. The third-order valence-electron chi connectivity index (χ3n) is 6.24. The average Bonchev–Trinajstić information content (AvgIpc) is 3.05. The van der Waals surface area contributed by atoms with Crippen molar-refractivity contribution in [1.82, 2.24) is 0 Å². The van der Waals surface area contributed by atoms with Crippen LogP contribution in [0.1, 0.15) is 0 Å². The van der Waals surface area contributed by atoms with Crippen LogP contribution < -0.4 is 124 Å². The van der Waals surface area contributed by atoms with E-state index in [1.807, 2.05) is 0 Å². The van der Waals surface area contributed by atoms with E-state index in [0.717, 1.165) is 24.3 Å². The molecule has 0 spiro atoms. The van der Waals surface area contributed by atoms with Gasteiger partial charge in [-0.25, -0.2) is 42.1 Å². The molecule has 0 aromatic heterocycles. The maximum absolute atomic E-state index is 12.2. The zero-order valence-electron chi connectivity index (χ0n) is 31.3. The van der Waals surface area contributed by atoms with Gasteiger partial charge in [0.2, 0.25) is 20.8 Å². The molecule has 22 nitrogen and oxygen atoms in total. The molecule has 0 unspecified atom stereocenters. The van der Waals surface area contributed by atoms with Gasteiger partial charge in [0, 0.05) is 41.2 Å². The first-order valence-electron chi connectivity index (χ1n) is 13.7. The van der Waals surface area contributed by atoms with Crippen LogP contribution in [0.2, 0.25) is 0 Å². The molecule has 4 aromatic carbocycles. The van der Waals surface area contributed by atoms with Crippen molar-refractivity contribution in [3.8, 4) is 11.5 Å². The number of phenolic OH excluding ortho intramolecular Hbond substituents is 2. The van der Waals surface area contributed by atoms with Crippen LogP contribution in [0.5, 0.6) is 11.5 Å². The largest absolute Gasteiger partial charge is 1.00 e. The van der Waals surface area contributed by atoms with Gasteiger partial charge in [-0.2, -0.15) is 27.5 Å². The number of aromatic hydroxyl groups is 2. The van der Waals surface area contributed by atoms with Gasteiger partial charge in [-0.3, -0.25) is 9.11 Å². The maximum Gasteiger partial charge on any atom is 1.00 e. The molecule has 5 N–H and O–H groups in total. The van der Waals surface area contributed by atoms with Crippen molar-refractivity contribution in [3.05, 3.63) is 74.5 Å². The quantitative estimate of drug-likeness (QED) is 0.0324. The van der Waals surface area contributed by atoms with Gasteiger partial charge in [-0.05, 0) is 42.5 Å². The predicted octanol–water partition coefficient (Wildman–Crippen LogP) is -8.93. The van der Waals surface area contributed by atoms with Crippen LogP contribution in [0.25, 0.3) is 10.8 Å². The molecule has 4 aromatic rings. The second-order valence-electron chi connectivity index (χ2n) is 9.79. The van der Waals surface area contributed by atoms with Gasteiger partial charge in [0.05, 0.1) is 20.4 Å². The summed E-state index contributed by atoms with van der Waals surface area (Å²) >= 11 is 0. The van der Waals surface area contributed by atoms with Gasteiger partial charge in [0.25, 0.3) is 0 Å². The smallest absolute Gasteiger partial charge is 0.744 e. The molecule has 0 saturated carbocycles. The van der Waals surface area contributed by atoms with Crippen molar-refractivity contribution in [1.29, 1.82) is 0 Å². The minimum atomic E-state index is -5.17.